The normalized spacial score (nSPS) is 10.8. The zero-order chi connectivity index (χ0) is 13.8. The van der Waals surface area contributed by atoms with Gasteiger partial charge in [0.1, 0.15) is 11.5 Å². The van der Waals surface area contributed by atoms with E-state index in [9.17, 15) is 0 Å². The van der Waals surface area contributed by atoms with Gasteiger partial charge in [0.2, 0.25) is 9.54 Å². The van der Waals surface area contributed by atoms with Gasteiger partial charge in [-0.3, -0.25) is 10.2 Å². The van der Waals surface area contributed by atoms with Gasteiger partial charge in [0.05, 0.1) is 20.4 Å². The predicted octanol–water partition coefficient (Wildman–Crippen LogP) is 2.50. The lowest BCUT2D eigenvalue weighted by Crippen LogP contribution is -1.95. The molecule has 2 rings (SSSR count). The molecule has 2 aromatic rings. The zero-order valence-electron chi connectivity index (χ0n) is 10.3. The van der Waals surface area contributed by atoms with Crippen molar-refractivity contribution in [3.63, 3.8) is 0 Å². The molecule has 0 unspecified atom stereocenters. The van der Waals surface area contributed by atoms with Crippen molar-refractivity contribution in [1.82, 2.24) is 14.9 Å². The first-order valence-electron chi connectivity index (χ1n) is 5.32. The van der Waals surface area contributed by atoms with Crippen molar-refractivity contribution in [2.45, 2.75) is 0 Å². The molecule has 0 spiro atoms. The maximum atomic E-state index is 5.27. The second kappa shape index (κ2) is 5.81. The Bertz CT molecular complexity index is 686. The SMILES string of the molecule is COc1ccc(/C=N\n2c(=S)[nH][nH]c2=S)c(OC)c1. The van der Waals surface area contributed by atoms with Crippen LogP contribution in [0.2, 0.25) is 0 Å². The summed E-state index contributed by atoms with van der Waals surface area (Å²) in [5, 5.41) is 9.61. The molecule has 0 amide bonds. The van der Waals surface area contributed by atoms with Gasteiger partial charge in [-0.15, -0.1) is 0 Å². The fourth-order valence-electron chi connectivity index (χ4n) is 1.45. The summed E-state index contributed by atoms with van der Waals surface area (Å²) in [6.45, 7) is 0. The number of hydrogen-bond acceptors (Lipinski definition) is 5. The average molecular weight is 296 g/mol. The number of methoxy groups -OCH3 is 2. The van der Waals surface area contributed by atoms with Crippen LogP contribution in [0.15, 0.2) is 23.3 Å². The van der Waals surface area contributed by atoms with Gasteiger partial charge in [-0.2, -0.15) is 9.78 Å². The number of benzene rings is 1. The predicted molar refractivity (Wildman–Crippen MR) is 77.3 cm³/mol. The van der Waals surface area contributed by atoms with Crippen LogP contribution in [0.3, 0.4) is 0 Å². The third kappa shape index (κ3) is 2.91. The molecule has 0 saturated carbocycles. The van der Waals surface area contributed by atoms with Crippen molar-refractivity contribution in [1.29, 1.82) is 0 Å². The van der Waals surface area contributed by atoms with E-state index in [1.807, 2.05) is 12.1 Å². The van der Waals surface area contributed by atoms with Crippen LogP contribution in [-0.2, 0) is 0 Å². The number of rotatable bonds is 4. The van der Waals surface area contributed by atoms with Crippen LogP contribution < -0.4 is 9.47 Å². The number of H-pyrrole nitrogens is 2. The number of aromatic amines is 2. The first kappa shape index (κ1) is 13.5. The van der Waals surface area contributed by atoms with Gasteiger partial charge in [-0.05, 0) is 36.6 Å². The zero-order valence-corrected chi connectivity index (χ0v) is 12.0. The highest BCUT2D eigenvalue weighted by atomic mass is 32.1. The fourth-order valence-corrected chi connectivity index (χ4v) is 1.89. The summed E-state index contributed by atoms with van der Waals surface area (Å²) in [5.41, 5.74) is 0.792. The van der Waals surface area contributed by atoms with Crippen LogP contribution >= 0.6 is 24.4 Å². The highest BCUT2D eigenvalue weighted by Gasteiger charge is 2.03. The van der Waals surface area contributed by atoms with E-state index in [1.54, 1.807) is 26.5 Å². The van der Waals surface area contributed by atoms with Crippen molar-refractivity contribution in [3.8, 4) is 11.5 Å². The molecule has 0 aliphatic rings. The highest BCUT2D eigenvalue weighted by molar-refractivity contribution is 7.72. The van der Waals surface area contributed by atoms with Gasteiger partial charge in [0.25, 0.3) is 0 Å². The van der Waals surface area contributed by atoms with Gasteiger partial charge >= 0.3 is 0 Å². The molecule has 0 aliphatic carbocycles. The summed E-state index contributed by atoms with van der Waals surface area (Å²) in [6.07, 6.45) is 1.62. The topological polar surface area (TPSA) is 67.3 Å². The van der Waals surface area contributed by atoms with Crippen LogP contribution in [-0.4, -0.2) is 35.3 Å². The van der Waals surface area contributed by atoms with Crippen molar-refractivity contribution in [2.24, 2.45) is 5.10 Å². The highest BCUT2D eigenvalue weighted by Crippen LogP contribution is 2.23. The molecule has 0 radical (unpaired) electrons. The summed E-state index contributed by atoms with van der Waals surface area (Å²) < 4.78 is 12.6. The van der Waals surface area contributed by atoms with E-state index < -0.39 is 0 Å². The molecule has 19 heavy (non-hydrogen) atoms. The van der Waals surface area contributed by atoms with Gasteiger partial charge in [-0.25, -0.2) is 0 Å². The molecule has 0 saturated heterocycles. The summed E-state index contributed by atoms with van der Waals surface area (Å²) in [5.74, 6) is 1.37. The van der Waals surface area contributed by atoms with E-state index in [0.717, 1.165) is 5.56 Å². The van der Waals surface area contributed by atoms with Gasteiger partial charge in [0, 0.05) is 11.6 Å². The summed E-state index contributed by atoms with van der Waals surface area (Å²) in [6, 6.07) is 5.43. The molecule has 0 fully saturated rings. The van der Waals surface area contributed by atoms with Crippen molar-refractivity contribution >= 4 is 30.7 Å². The largest absolute Gasteiger partial charge is 0.497 e. The Kier molecular flexibility index (Phi) is 4.13. The van der Waals surface area contributed by atoms with E-state index >= 15 is 0 Å². The molecular weight excluding hydrogens is 284 g/mol. The minimum atomic E-state index is 0.397. The standard InChI is InChI=1S/C11H12N4O2S2/c1-16-8-4-3-7(9(5-8)17-2)6-12-15-10(18)13-14-11(15)19/h3-6H,1-2H3,(H,13,18)(H,14,19)/b12-6-. The first-order valence-corrected chi connectivity index (χ1v) is 6.13. The van der Waals surface area contributed by atoms with E-state index in [-0.39, 0.29) is 0 Å². The van der Waals surface area contributed by atoms with Crippen LogP contribution in [0, 0.1) is 9.54 Å². The smallest absolute Gasteiger partial charge is 0.215 e. The number of aromatic nitrogens is 3. The lowest BCUT2D eigenvalue weighted by atomic mass is 10.2. The Morgan fingerprint density at radius 2 is 1.84 bits per heavy atom. The summed E-state index contributed by atoms with van der Waals surface area (Å²) in [4.78, 5) is 0. The van der Waals surface area contributed by atoms with Crippen molar-refractivity contribution < 1.29 is 9.47 Å². The van der Waals surface area contributed by atoms with E-state index in [0.29, 0.717) is 21.0 Å². The Balaban J connectivity index is 2.38. The molecule has 0 bridgehead atoms. The van der Waals surface area contributed by atoms with Crippen LogP contribution in [0.25, 0.3) is 0 Å². The molecule has 8 heteroatoms. The first-order chi connectivity index (χ1) is 9.15. The molecule has 1 aromatic carbocycles. The lowest BCUT2D eigenvalue weighted by Gasteiger charge is -2.06. The fraction of sp³-hybridized carbons (Fsp3) is 0.182. The molecule has 0 atom stereocenters. The molecule has 2 N–H and O–H groups in total. The van der Waals surface area contributed by atoms with Crippen molar-refractivity contribution in [3.05, 3.63) is 33.3 Å². The van der Waals surface area contributed by atoms with E-state index in [1.165, 1.54) is 4.68 Å². The number of nitrogens with zero attached hydrogens (tertiary/aromatic N) is 2. The quantitative estimate of drug-likeness (QED) is 0.672. The van der Waals surface area contributed by atoms with E-state index in [4.69, 9.17) is 33.9 Å². The molecule has 1 heterocycles. The minimum absolute atomic E-state index is 0.397. The third-order valence-electron chi connectivity index (χ3n) is 2.41. The van der Waals surface area contributed by atoms with Crippen LogP contribution in [0.4, 0.5) is 0 Å². The van der Waals surface area contributed by atoms with Crippen LogP contribution in [0.5, 0.6) is 11.5 Å². The number of nitrogens with one attached hydrogen (secondary N) is 2. The molecule has 100 valence electrons. The maximum Gasteiger partial charge on any atom is 0.215 e. The molecule has 0 aliphatic heterocycles. The Labute approximate surface area is 119 Å². The van der Waals surface area contributed by atoms with E-state index in [2.05, 4.69) is 15.3 Å². The minimum Gasteiger partial charge on any atom is -0.497 e. The summed E-state index contributed by atoms with van der Waals surface area (Å²) in [7, 11) is 3.18. The second-order valence-electron chi connectivity index (χ2n) is 3.52. The molecular formula is C11H12N4O2S2. The average Bonchev–Trinajstić information content (AvgIpc) is 2.75. The number of ether oxygens (including phenoxy) is 2. The number of hydrogen-bond donors (Lipinski definition) is 2. The molecule has 6 nitrogen and oxygen atoms in total. The van der Waals surface area contributed by atoms with Gasteiger partial charge in [0.15, 0.2) is 0 Å². The van der Waals surface area contributed by atoms with Crippen LogP contribution in [0.1, 0.15) is 5.56 Å². The Morgan fingerprint density at radius 1 is 1.16 bits per heavy atom. The third-order valence-corrected chi connectivity index (χ3v) is 2.96. The van der Waals surface area contributed by atoms with Gasteiger partial charge < -0.3 is 9.47 Å². The Morgan fingerprint density at radius 3 is 2.42 bits per heavy atom. The summed E-state index contributed by atoms with van der Waals surface area (Å²) >= 11 is 10.1. The van der Waals surface area contributed by atoms with Gasteiger partial charge in [-0.1, -0.05) is 0 Å². The second-order valence-corrected chi connectivity index (χ2v) is 4.30. The lowest BCUT2D eigenvalue weighted by molar-refractivity contribution is 0.394. The molecule has 1 aromatic heterocycles. The monoisotopic (exact) mass is 296 g/mol. The van der Waals surface area contributed by atoms with Crippen molar-refractivity contribution in [2.75, 3.05) is 14.2 Å². The maximum absolute atomic E-state index is 5.27. The Hall–Kier alpha value is -1.93.